The zero-order valence-corrected chi connectivity index (χ0v) is 12.8. The average molecular weight is 266 g/mol. The third kappa shape index (κ3) is 4.06. The molecular formula is C14H26N4O. The Labute approximate surface area is 115 Å². The molecular weight excluding hydrogens is 240 g/mol. The zero-order chi connectivity index (χ0) is 14.7. The summed E-state index contributed by atoms with van der Waals surface area (Å²) in [5.41, 5.74) is -0.394. The predicted molar refractivity (Wildman–Crippen MR) is 79.5 cm³/mol. The minimum absolute atomic E-state index is 0.492. The van der Waals surface area contributed by atoms with Crippen molar-refractivity contribution in [2.45, 2.75) is 59.1 Å². The van der Waals surface area contributed by atoms with E-state index in [0.717, 1.165) is 24.3 Å². The van der Waals surface area contributed by atoms with Crippen molar-refractivity contribution in [1.82, 2.24) is 9.97 Å². The fourth-order valence-corrected chi connectivity index (χ4v) is 1.34. The van der Waals surface area contributed by atoms with Crippen molar-refractivity contribution < 1.29 is 5.11 Å². The van der Waals surface area contributed by atoms with Crippen molar-refractivity contribution in [3.05, 3.63) is 11.8 Å². The van der Waals surface area contributed by atoms with E-state index >= 15 is 0 Å². The highest BCUT2D eigenvalue weighted by atomic mass is 16.3. The molecule has 19 heavy (non-hydrogen) atoms. The second-order valence-electron chi connectivity index (χ2n) is 5.96. The number of nitrogens with zero attached hydrogens (tertiary/aromatic N) is 2. The van der Waals surface area contributed by atoms with Crippen LogP contribution in [0.1, 0.15) is 46.6 Å². The number of aryl methyl sites for hydroxylation is 1. The van der Waals surface area contributed by atoms with Gasteiger partial charge >= 0.3 is 0 Å². The van der Waals surface area contributed by atoms with Gasteiger partial charge in [-0.2, -0.15) is 4.98 Å². The normalized spacial score (nSPS) is 12.4. The monoisotopic (exact) mass is 266 g/mol. The van der Waals surface area contributed by atoms with Gasteiger partial charge in [-0.25, -0.2) is 4.98 Å². The van der Waals surface area contributed by atoms with Crippen LogP contribution in [0.4, 0.5) is 11.8 Å². The van der Waals surface area contributed by atoms with Crippen LogP contribution in [0.15, 0.2) is 6.20 Å². The summed E-state index contributed by atoms with van der Waals surface area (Å²) in [6, 6.07) is 0. The maximum Gasteiger partial charge on any atom is 0.224 e. The van der Waals surface area contributed by atoms with Gasteiger partial charge in [0.15, 0.2) is 0 Å². The molecule has 3 N–H and O–H groups in total. The van der Waals surface area contributed by atoms with Gasteiger partial charge in [0.1, 0.15) is 5.82 Å². The Balaban J connectivity index is 2.94. The van der Waals surface area contributed by atoms with Gasteiger partial charge in [-0.15, -0.1) is 0 Å². The molecule has 0 radical (unpaired) electrons. The second-order valence-corrected chi connectivity index (χ2v) is 5.96. The van der Waals surface area contributed by atoms with Gasteiger partial charge in [0.2, 0.25) is 5.95 Å². The van der Waals surface area contributed by atoms with Gasteiger partial charge in [-0.1, -0.05) is 6.92 Å². The summed E-state index contributed by atoms with van der Waals surface area (Å²) in [5.74, 6) is 1.36. The number of hydrogen-bond acceptors (Lipinski definition) is 5. The van der Waals surface area contributed by atoms with Crippen molar-refractivity contribution in [1.29, 1.82) is 0 Å². The number of rotatable bonds is 6. The van der Waals surface area contributed by atoms with Crippen LogP contribution in [0, 0.1) is 6.92 Å². The maximum absolute atomic E-state index is 10.2. The Kier molecular flexibility index (Phi) is 4.74. The highest BCUT2D eigenvalue weighted by molar-refractivity contribution is 5.48. The van der Waals surface area contributed by atoms with Gasteiger partial charge in [0.25, 0.3) is 0 Å². The molecule has 108 valence electrons. The second kappa shape index (κ2) is 5.74. The van der Waals surface area contributed by atoms with Gasteiger partial charge in [0.05, 0.1) is 11.1 Å². The molecule has 0 aliphatic carbocycles. The molecule has 0 spiro atoms. The predicted octanol–water partition coefficient (Wildman–Crippen LogP) is 2.57. The standard InChI is InChI=1S/C14H26N4O/c1-7-8-15-12-16-9-10(2)11(17-12)18-13(3,4)14(5,6)19/h9,19H,7-8H2,1-6H3,(H2,15,16,17,18). The molecule has 0 aliphatic heterocycles. The minimum atomic E-state index is -0.860. The molecule has 1 aromatic rings. The van der Waals surface area contributed by atoms with Crippen LogP contribution in [0.5, 0.6) is 0 Å². The number of aromatic nitrogens is 2. The van der Waals surface area contributed by atoms with Crippen LogP contribution in [0.3, 0.4) is 0 Å². The lowest BCUT2D eigenvalue weighted by Gasteiger charge is -2.38. The van der Waals surface area contributed by atoms with Crippen LogP contribution >= 0.6 is 0 Å². The average Bonchev–Trinajstić information content (AvgIpc) is 2.28. The number of hydrogen-bond donors (Lipinski definition) is 3. The third-order valence-electron chi connectivity index (χ3n) is 3.47. The zero-order valence-electron chi connectivity index (χ0n) is 12.8. The van der Waals surface area contributed by atoms with E-state index in [1.54, 1.807) is 20.0 Å². The Bertz CT molecular complexity index is 424. The highest BCUT2D eigenvalue weighted by Crippen LogP contribution is 2.26. The molecule has 0 atom stereocenters. The quantitative estimate of drug-likeness (QED) is 0.738. The van der Waals surface area contributed by atoms with Crippen LogP contribution < -0.4 is 10.6 Å². The van der Waals surface area contributed by atoms with Gasteiger partial charge in [-0.05, 0) is 41.0 Å². The molecule has 0 aliphatic rings. The topological polar surface area (TPSA) is 70.1 Å². The Morgan fingerprint density at radius 3 is 2.42 bits per heavy atom. The first-order valence-electron chi connectivity index (χ1n) is 6.75. The van der Waals surface area contributed by atoms with Crippen molar-refractivity contribution >= 4 is 11.8 Å². The van der Waals surface area contributed by atoms with Crippen molar-refractivity contribution in [3.63, 3.8) is 0 Å². The van der Waals surface area contributed by atoms with Gasteiger partial charge in [0, 0.05) is 18.3 Å². The van der Waals surface area contributed by atoms with E-state index in [1.165, 1.54) is 0 Å². The van der Waals surface area contributed by atoms with E-state index in [0.29, 0.717) is 5.95 Å². The smallest absolute Gasteiger partial charge is 0.224 e. The lowest BCUT2D eigenvalue weighted by Crippen LogP contribution is -2.51. The fourth-order valence-electron chi connectivity index (χ4n) is 1.34. The van der Waals surface area contributed by atoms with E-state index in [1.807, 2.05) is 20.8 Å². The first kappa shape index (κ1) is 15.7. The summed E-state index contributed by atoms with van der Waals surface area (Å²) < 4.78 is 0. The van der Waals surface area contributed by atoms with Gasteiger partial charge < -0.3 is 15.7 Å². The lowest BCUT2D eigenvalue weighted by atomic mass is 9.86. The summed E-state index contributed by atoms with van der Waals surface area (Å²) in [6.45, 7) is 12.4. The maximum atomic E-state index is 10.2. The summed E-state index contributed by atoms with van der Waals surface area (Å²) >= 11 is 0. The SMILES string of the molecule is CCCNc1ncc(C)c(NC(C)(C)C(C)(C)O)n1. The molecule has 1 rings (SSSR count). The van der Waals surface area contributed by atoms with Crippen molar-refractivity contribution in [2.75, 3.05) is 17.2 Å². The van der Waals surface area contributed by atoms with E-state index < -0.39 is 11.1 Å². The third-order valence-corrected chi connectivity index (χ3v) is 3.47. The largest absolute Gasteiger partial charge is 0.388 e. The molecule has 0 fully saturated rings. The Morgan fingerprint density at radius 1 is 1.26 bits per heavy atom. The van der Waals surface area contributed by atoms with Crippen molar-refractivity contribution in [3.8, 4) is 0 Å². The first-order valence-corrected chi connectivity index (χ1v) is 6.75. The Hall–Kier alpha value is -1.36. The Morgan fingerprint density at radius 2 is 1.89 bits per heavy atom. The molecule has 0 aromatic carbocycles. The van der Waals surface area contributed by atoms with Crippen LogP contribution in [-0.2, 0) is 0 Å². The summed E-state index contributed by atoms with van der Waals surface area (Å²) in [4.78, 5) is 8.71. The number of nitrogens with one attached hydrogen (secondary N) is 2. The van der Waals surface area contributed by atoms with E-state index in [2.05, 4.69) is 27.5 Å². The summed E-state index contributed by atoms with van der Waals surface area (Å²) in [5, 5.41) is 16.7. The van der Waals surface area contributed by atoms with E-state index in [-0.39, 0.29) is 0 Å². The first-order chi connectivity index (χ1) is 8.67. The summed E-state index contributed by atoms with van der Waals surface area (Å²) in [7, 11) is 0. The lowest BCUT2D eigenvalue weighted by molar-refractivity contribution is 0.0238. The molecule has 1 heterocycles. The molecule has 0 amide bonds. The molecule has 0 bridgehead atoms. The van der Waals surface area contributed by atoms with Crippen LogP contribution in [0.25, 0.3) is 0 Å². The van der Waals surface area contributed by atoms with Gasteiger partial charge in [-0.3, -0.25) is 0 Å². The molecule has 0 saturated heterocycles. The fraction of sp³-hybridized carbons (Fsp3) is 0.714. The van der Waals surface area contributed by atoms with Crippen LogP contribution in [0.2, 0.25) is 0 Å². The molecule has 1 aromatic heterocycles. The van der Waals surface area contributed by atoms with Crippen molar-refractivity contribution in [2.24, 2.45) is 0 Å². The molecule has 5 nitrogen and oxygen atoms in total. The van der Waals surface area contributed by atoms with E-state index in [9.17, 15) is 5.11 Å². The number of anilines is 2. The van der Waals surface area contributed by atoms with E-state index in [4.69, 9.17) is 0 Å². The van der Waals surface area contributed by atoms with Crippen LogP contribution in [-0.4, -0.2) is 32.8 Å². The molecule has 5 heteroatoms. The molecule has 0 unspecified atom stereocenters. The summed E-state index contributed by atoms with van der Waals surface area (Å²) in [6.07, 6.45) is 2.81. The highest BCUT2D eigenvalue weighted by Gasteiger charge is 2.35. The molecule has 0 saturated carbocycles. The number of aliphatic hydroxyl groups is 1. The minimum Gasteiger partial charge on any atom is -0.388 e.